The summed E-state index contributed by atoms with van der Waals surface area (Å²) in [4.78, 5) is 16.4. The molecule has 134 valence electrons. The number of nitrogens with one attached hydrogen (secondary N) is 2. The highest BCUT2D eigenvalue weighted by Gasteiger charge is 2.19. The number of hydrogen-bond donors (Lipinski definition) is 3. The maximum absolute atomic E-state index is 12.0. The number of aromatic hydroxyl groups is 1. The van der Waals surface area contributed by atoms with Crippen molar-refractivity contribution < 1.29 is 19.1 Å². The Morgan fingerprint density at radius 3 is 3.00 bits per heavy atom. The molecule has 8 heteroatoms. The summed E-state index contributed by atoms with van der Waals surface area (Å²) in [5.41, 5.74) is 1.35. The first-order valence-electron chi connectivity index (χ1n) is 7.60. The maximum atomic E-state index is 12.0. The smallest absolute Gasteiger partial charge is 0.241 e. The third-order valence-corrected chi connectivity index (χ3v) is 3.82. The molecule has 0 saturated carbocycles. The van der Waals surface area contributed by atoms with Gasteiger partial charge in [-0.25, -0.2) is 4.98 Å². The monoisotopic (exact) mass is 365 g/mol. The number of phenolic OH excluding ortho intramolecular Hbond substituents is 1. The molecule has 1 aliphatic heterocycles. The van der Waals surface area contributed by atoms with Gasteiger partial charge in [0, 0.05) is 12.1 Å². The van der Waals surface area contributed by atoms with E-state index in [1.165, 1.54) is 13.2 Å². The molecule has 0 radical (unpaired) electrons. The van der Waals surface area contributed by atoms with E-state index in [1.807, 2.05) is 12.2 Å². The number of aromatic nitrogens is 1. The number of aryl methyl sites for hydroxylation is 1. The number of rotatable bonds is 5. The van der Waals surface area contributed by atoms with E-state index in [1.54, 1.807) is 19.1 Å². The maximum Gasteiger partial charge on any atom is 0.241 e. The summed E-state index contributed by atoms with van der Waals surface area (Å²) in [6.45, 7) is 2.78. The van der Waals surface area contributed by atoms with Crippen LogP contribution in [0, 0.1) is 6.92 Å². The predicted octanol–water partition coefficient (Wildman–Crippen LogP) is 1.93. The molecule has 0 fully saturated rings. The van der Waals surface area contributed by atoms with Gasteiger partial charge >= 0.3 is 0 Å². The molecule has 2 aromatic rings. The minimum atomic E-state index is -0.293. The molecule has 3 rings (SSSR count). The first-order chi connectivity index (χ1) is 11.6. The van der Waals surface area contributed by atoms with E-state index in [4.69, 9.17) is 9.15 Å². The van der Waals surface area contributed by atoms with Crippen LogP contribution in [0.15, 0.2) is 34.8 Å². The van der Waals surface area contributed by atoms with Crippen molar-refractivity contribution in [3.05, 3.63) is 41.8 Å². The molecule has 1 amide bonds. The van der Waals surface area contributed by atoms with Gasteiger partial charge < -0.3 is 19.6 Å². The number of nitrogens with zero attached hydrogens (tertiary/aromatic N) is 1. The first kappa shape index (κ1) is 18.8. The van der Waals surface area contributed by atoms with Crippen LogP contribution in [-0.2, 0) is 11.3 Å². The molecule has 0 aliphatic carbocycles. The molecule has 1 aliphatic rings. The third kappa shape index (κ3) is 4.12. The average molecular weight is 366 g/mol. The Balaban J connectivity index is 0.00000225. The predicted molar refractivity (Wildman–Crippen MR) is 94.9 cm³/mol. The third-order valence-electron chi connectivity index (χ3n) is 3.82. The number of phenols is 1. The molecular formula is C17H20ClN3O4. The summed E-state index contributed by atoms with van der Waals surface area (Å²) < 4.78 is 10.8. The van der Waals surface area contributed by atoms with Crippen molar-refractivity contribution >= 4 is 18.3 Å². The van der Waals surface area contributed by atoms with E-state index < -0.39 is 0 Å². The second-order valence-electron chi connectivity index (χ2n) is 5.44. The van der Waals surface area contributed by atoms with Gasteiger partial charge in [0.1, 0.15) is 17.5 Å². The van der Waals surface area contributed by atoms with Gasteiger partial charge in [-0.1, -0.05) is 12.2 Å². The summed E-state index contributed by atoms with van der Waals surface area (Å²) in [6.07, 6.45) is 3.75. The summed E-state index contributed by atoms with van der Waals surface area (Å²) in [7, 11) is 1.48. The molecular weight excluding hydrogens is 346 g/mol. The number of ether oxygens (including phenoxy) is 1. The van der Waals surface area contributed by atoms with Crippen LogP contribution in [0.25, 0.3) is 11.5 Å². The zero-order valence-corrected chi connectivity index (χ0v) is 14.7. The van der Waals surface area contributed by atoms with Gasteiger partial charge in [-0.3, -0.25) is 10.1 Å². The van der Waals surface area contributed by atoms with Crippen LogP contribution in [-0.4, -0.2) is 35.7 Å². The average Bonchev–Trinajstić information content (AvgIpc) is 3.23. The molecule has 2 heterocycles. The SMILES string of the molecule is COc1cc(-c2nc(CNC(=O)C3C=CCN3)c(C)o2)ccc1O.Cl. The van der Waals surface area contributed by atoms with Crippen molar-refractivity contribution in [3.63, 3.8) is 0 Å². The van der Waals surface area contributed by atoms with Crippen LogP contribution in [0.3, 0.4) is 0 Å². The van der Waals surface area contributed by atoms with Gasteiger partial charge in [-0.05, 0) is 25.1 Å². The molecule has 0 saturated heterocycles. The molecule has 7 nitrogen and oxygen atoms in total. The molecule has 1 aromatic heterocycles. The molecule has 1 unspecified atom stereocenters. The molecule has 0 bridgehead atoms. The van der Waals surface area contributed by atoms with E-state index in [9.17, 15) is 9.90 Å². The number of carbonyl (C=O) groups excluding carboxylic acids is 1. The lowest BCUT2D eigenvalue weighted by atomic mass is 10.2. The van der Waals surface area contributed by atoms with E-state index in [0.29, 0.717) is 35.2 Å². The summed E-state index contributed by atoms with van der Waals surface area (Å²) in [6, 6.07) is 4.57. The summed E-state index contributed by atoms with van der Waals surface area (Å²) >= 11 is 0. The van der Waals surface area contributed by atoms with Crippen molar-refractivity contribution in [3.8, 4) is 23.0 Å². The number of methoxy groups -OCH3 is 1. The van der Waals surface area contributed by atoms with Gasteiger partial charge in [-0.15, -0.1) is 12.4 Å². The van der Waals surface area contributed by atoms with Gasteiger partial charge in [-0.2, -0.15) is 0 Å². The van der Waals surface area contributed by atoms with Crippen molar-refractivity contribution in [2.75, 3.05) is 13.7 Å². The zero-order chi connectivity index (χ0) is 17.1. The Kier molecular flexibility index (Phi) is 6.06. The fourth-order valence-electron chi connectivity index (χ4n) is 2.45. The molecule has 1 aromatic carbocycles. The van der Waals surface area contributed by atoms with Crippen LogP contribution in [0.4, 0.5) is 0 Å². The Morgan fingerprint density at radius 1 is 1.52 bits per heavy atom. The standard InChI is InChI=1S/C17H19N3O4.ClH/c1-10-13(9-19-16(22)12-4-3-7-18-12)20-17(24-10)11-5-6-14(21)15(8-11)23-2;/h3-6,8,12,18,21H,7,9H2,1-2H3,(H,19,22);1H. The zero-order valence-electron chi connectivity index (χ0n) is 13.9. The number of amides is 1. The second kappa shape index (κ2) is 8.04. The normalized spacial score (nSPS) is 15.7. The van der Waals surface area contributed by atoms with Crippen molar-refractivity contribution in [1.29, 1.82) is 0 Å². The molecule has 0 spiro atoms. The molecule has 25 heavy (non-hydrogen) atoms. The highest BCUT2D eigenvalue weighted by molar-refractivity contribution is 5.85. The van der Waals surface area contributed by atoms with Gasteiger partial charge in [0.25, 0.3) is 0 Å². The quantitative estimate of drug-likeness (QED) is 0.700. The van der Waals surface area contributed by atoms with Crippen molar-refractivity contribution in [1.82, 2.24) is 15.6 Å². The molecule has 3 N–H and O–H groups in total. The van der Waals surface area contributed by atoms with Crippen molar-refractivity contribution in [2.45, 2.75) is 19.5 Å². The number of oxazole rings is 1. The highest BCUT2D eigenvalue weighted by Crippen LogP contribution is 2.31. The van der Waals surface area contributed by atoms with Gasteiger partial charge in [0.2, 0.25) is 11.8 Å². The highest BCUT2D eigenvalue weighted by atomic mass is 35.5. The largest absolute Gasteiger partial charge is 0.504 e. The summed E-state index contributed by atoms with van der Waals surface area (Å²) in [5, 5.41) is 15.5. The number of benzene rings is 1. The lowest BCUT2D eigenvalue weighted by molar-refractivity contribution is -0.122. The minimum Gasteiger partial charge on any atom is -0.504 e. The Bertz CT molecular complexity index is 788. The van der Waals surface area contributed by atoms with Crippen LogP contribution in [0.2, 0.25) is 0 Å². The topological polar surface area (TPSA) is 96.6 Å². The summed E-state index contributed by atoms with van der Waals surface area (Å²) in [5.74, 6) is 1.34. The Morgan fingerprint density at radius 2 is 2.32 bits per heavy atom. The van der Waals surface area contributed by atoms with E-state index in [-0.39, 0.29) is 36.7 Å². The lowest BCUT2D eigenvalue weighted by Gasteiger charge is -2.09. The van der Waals surface area contributed by atoms with E-state index in [2.05, 4.69) is 15.6 Å². The van der Waals surface area contributed by atoms with E-state index in [0.717, 1.165) is 0 Å². The van der Waals surface area contributed by atoms with Crippen LogP contribution in [0.1, 0.15) is 11.5 Å². The van der Waals surface area contributed by atoms with Crippen molar-refractivity contribution in [2.24, 2.45) is 0 Å². The van der Waals surface area contributed by atoms with Gasteiger partial charge in [0.15, 0.2) is 11.5 Å². The Hall–Kier alpha value is -2.51. The Labute approximate surface area is 151 Å². The lowest BCUT2D eigenvalue weighted by Crippen LogP contribution is -2.40. The number of halogens is 1. The van der Waals surface area contributed by atoms with E-state index >= 15 is 0 Å². The van der Waals surface area contributed by atoms with Gasteiger partial charge in [0.05, 0.1) is 13.7 Å². The van der Waals surface area contributed by atoms with Crippen LogP contribution in [0.5, 0.6) is 11.5 Å². The fraction of sp³-hybridized carbons (Fsp3) is 0.294. The van der Waals surface area contributed by atoms with Crippen LogP contribution < -0.4 is 15.4 Å². The number of hydrogen-bond acceptors (Lipinski definition) is 6. The minimum absolute atomic E-state index is 0. The number of carbonyl (C=O) groups is 1. The first-order valence-corrected chi connectivity index (χ1v) is 7.60. The second-order valence-corrected chi connectivity index (χ2v) is 5.44. The fourth-order valence-corrected chi connectivity index (χ4v) is 2.45. The van der Waals surface area contributed by atoms with Crippen LogP contribution >= 0.6 is 12.4 Å². The molecule has 1 atom stereocenters.